The monoisotopic (exact) mass is 1200 g/mol. The summed E-state index contributed by atoms with van der Waals surface area (Å²) in [5, 5.41) is 36.5. The van der Waals surface area contributed by atoms with Crippen molar-refractivity contribution in [3.63, 3.8) is 0 Å². The third kappa shape index (κ3) is 13.8. The highest BCUT2D eigenvalue weighted by molar-refractivity contribution is 5.86. The van der Waals surface area contributed by atoms with Gasteiger partial charge in [0.05, 0.1) is 77.5 Å². The number of hydrogen-bond donors (Lipinski definition) is 5. The quantitative estimate of drug-likeness (QED) is 0.0548. The Labute approximate surface area is 505 Å². The number of nitrogens with one attached hydrogen (secondary N) is 3. The van der Waals surface area contributed by atoms with Gasteiger partial charge >= 0.3 is 0 Å². The number of aryl methyl sites for hydroxylation is 9. The summed E-state index contributed by atoms with van der Waals surface area (Å²) in [4.78, 5) is 56.9. The van der Waals surface area contributed by atoms with E-state index in [9.17, 15) is 14.7 Å². The molecule has 0 saturated carbocycles. The first-order valence-corrected chi connectivity index (χ1v) is 27.3. The number of benzene rings is 3. The average molecular weight is 1200 g/mol. The minimum Gasteiger partial charge on any atom is -0.493 e. The highest BCUT2D eigenvalue weighted by atomic mass is 16.5. The zero-order valence-electron chi connectivity index (χ0n) is 51.6. The van der Waals surface area contributed by atoms with Gasteiger partial charge in [0.2, 0.25) is 23.8 Å². The topological polar surface area (TPSA) is 344 Å². The van der Waals surface area contributed by atoms with Crippen molar-refractivity contribution in [1.82, 2.24) is 78.3 Å². The molecule has 0 fully saturated rings. The minimum absolute atomic E-state index is 0.129. The summed E-state index contributed by atoms with van der Waals surface area (Å²) in [6, 6.07) is 17.2. The van der Waals surface area contributed by atoms with Gasteiger partial charge < -0.3 is 55.2 Å². The van der Waals surface area contributed by atoms with Crippen LogP contribution in [0.3, 0.4) is 0 Å². The van der Waals surface area contributed by atoms with Gasteiger partial charge in [-0.05, 0) is 115 Å². The molecule has 0 amide bonds. The Hall–Kier alpha value is -10.8. The molecule has 0 saturated heterocycles. The van der Waals surface area contributed by atoms with Crippen LogP contribution in [0.1, 0.15) is 94.6 Å². The van der Waals surface area contributed by atoms with E-state index in [0.717, 1.165) is 51.4 Å². The summed E-state index contributed by atoms with van der Waals surface area (Å²) in [5.41, 5.74) is 16.5. The summed E-state index contributed by atoms with van der Waals surface area (Å²) in [6.45, 7) is 18.0. The van der Waals surface area contributed by atoms with E-state index in [2.05, 4.69) is 76.2 Å². The number of anilines is 4. The largest absolute Gasteiger partial charge is 0.493 e. The van der Waals surface area contributed by atoms with Gasteiger partial charge in [-0.25, -0.2) is 39.9 Å². The molecule has 0 unspecified atom stereocenters. The second-order valence-corrected chi connectivity index (χ2v) is 19.6. The number of carbonyl (C=O) groups is 2. The standard InChI is InChI=1S/C17H21N5O3.C17H19N5O3.C17H21N5O2.C8H9N5O/c2*1-10-13(9-23)16-20-11(2)21-22(16)17(19-10)18-8-12-5-6-14(24-3)15(7-12)25-4;1-10-11(2)19-17(22-16(10)20-12(3)21-22)18-9-13-6-7-14(23-4)15(8-13)24-5;1-4-6(3-14)7-11-5(2)12-13(7)8(9)10-4/h5-7,23H,8-9H2,1-4H3,(H,18,19);5-7,9H,8H2,1-4H3,(H,18,19);6-8H,9H2,1-5H3,(H,18,19);3H,1-2H3,(H2,9,10). The van der Waals surface area contributed by atoms with Gasteiger partial charge in [0.1, 0.15) is 23.3 Å². The number of ether oxygens (including phenoxy) is 6. The van der Waals surface area contributed by atoms with Crippen molar-refractivity contribution in [3.8, 4) is 34.5 Å². The summed E-state index contributed by atoms with van der Waals surface area (Å²) >= 11 is 0. The molecule has 0 aliphatic carbocycles. The van der Waals surface area contributed by atoms with E-state index in [0.29, 0.717) is 141 Å². The van der Waals surface area contributed by atoms with Crippen LogP contribution in [-0.2, 0) is 26.2 Å². The number of aliphatic hydroxyl groups is 1. The first-order chi connectivity index (χ1) is 42.3. The van der Waals surface area contributed by atoms with E-state index < -0.39 is 0 Å². The van der Waals surface area contributed by atoms with Gasteiger partial charge in [0, 0.05) is 36.5 Å². The number of nitrogens with zero attached hydrogens (tertiary/aromatic N) is 16. The highest BCUT2D eigenvalue weighted by Gasteiger charge is 2.19. The predicted octanol–water partition coefficient (Wildman–Crippen LogP) is 6.86. The van der Waals surface area contributed by atoms with Gasteiger partial charge in [-0.15, -0.1) is 20.4 Å². The van der Waals surface area contributed by atoms with Gasteiger partial charge in [-0.2, -0.15) is 18.1 Å². The number of aromatic nitrogens is 16. The van der Waals surface area contributed by atoms with Gasteiger partial charge in [0.15, 0.2) is 69.7 Å². The van der Waals surface area contributed by atoms with E-state index in [4.69, 9.17) is 34.2 Å². The van der Waals surface area contributed by atoms with Crippen LogP contribution in [0, 0.1) is 62.3 Å². The number of carbonyl (C=O) groups excluding carboxylic acids is 2. The number of fused-ring (bicyclic) bond motifs is 4. The molecule has 88 heavy (non-hydrogen) atoms. The second kappa shape index (κ2) is 27.9. The first kappa shape index (κ1) is 63.2. The van der Waals surface area contributed by atoms with Crippen LogP contribution < -0.4 is 50.1 Å². The SMILES string of the molecule is COc1ccc(CNc2nc(C)c(C)c3nc(C)nn23)cc1OC.COc1ccc(CNc2nc(C)c(C=O)c3nc(C)nn23)cc1OC.COc1ccc(CNc2nc(C)c(CO)c3nc(C)nn23)cc1OC.Cc1nc2c(C=O)c(C)nc(N)n2n1. The van der Waals surface area contributed by atoms with E-state index in [1.165, 1.54) is 4.52 Å². The average Bonchev–Trinajstić information content (AvgIpc) is 2.02. The molecule has 8 aromatic heterocycles. The van der Waals surface area contributed by atoms with Crippen molar-refractivity contribution in [3.05, 3.63) is 140 Å². The van der Waals surface area contributed by atoms with Crippen molar-refractivity contribution < 1.29 is 43.1 Å². The van der Waals surface area contributed by atoms with E-state index >= 15 is 0 Å². The summed E-state index contributed by atoms with van der Waals surface area (Å²) in [7, 11) is 9.66. The molecular formula is C59H70N20O9. The minimum atomic E-state index is -0.129. The van der Waals surface area contributed by atoms with E-state index in [1.807, 2.05) is 89.2 Å². The Bertz CT molecular complexity index is 4330. The van der Waals surface area contributed by atoms with Crippen LogP contribution in [0.25, 0.3) is 22.6 Å². The molecule has 0 atom stereocenters. The van der Waals surface area contributed by atoms with Crippen molar-refractivity contribution in [2.24, 2.45) is 0 Å². The zero-order valence-corrected chi connectivity index (χ0v) is 51.6. The number of rotatable bonds is 18. The smallest absolute Gasteiger partial charge is 0.226 e. The lowest BCUT2D eigenvalue weighted by atomic mass is 10.2. The fourth-order valence-electron chi connectivity index (χ4n) is 9.13. The molecule has 0 bridgehead atoms. The summed E-state index contributed by atoms with van der Waals surface area (Å²) < 4.78 is 38.0. The van der Waals surface area contributed by atoms with Crippen LogP contribution >= 0.6 is 0 Å². The first-order valence-electron chi connectivity index (χ1n) is 27.3. The Morgan fingerprint density at radius 1 is 0.420 bits per heavy atom. The molecule has 8 heterocycles. The number of methoxy groups -OCH3 is 6. The van der Waals surface area contributed by atoms with Crippen molar-refractivity contribution in [2.45, 2.75) is 88.6 Å². The van der Waals surface area contributed by atoms with E-state index in [-0.39, 0.29) is 12.6 Å². The summed E-state index contributed by atoms with van der Waals surface area (Å²) in [6.07, 6.45) is 1.47. The molecule has 11 aromatic rings. The number of nitrogens with two attached hydrogens (primary N) is 1. The van der Waals surface area contributed by atoms with Crippen LogP contribution in [0.2, 0.25) is 0 Å². The Kier molecular flexibility index (Phi) is 20.0. The van der Waals surface area contributed by atoms with Crippen LogP contribution in [0.15, 0.2) is 54.6 Å². The van der Waals surface area contributed by atoms with Crippen molar-refractivity contribution in [2.75, 3.05) is 64.3 Å². The molecule has 0 spiro atoms. The zero-order chi connectivity index (χ0) is 63.5. The highest BCUT2D eigenvalue weighted by Crippen LogP contribution is 2.31. The maximum absolute atomic E-state index is 11.3. The third-order valence-corrected chi connectivity index (χ3v) is 13.7. The van der Waals surface area contributed by atoms with Crippen molar-refractivity contribution in [1.29, 1.82) is 0 Å². The van der Waals surface area contributed by atoms with Gasteiger partial charge in [-0.1, -0.05) is 18.2 Å². The lowest BCUT2D eigenvalue weighted by Crippen LogP contribution is -2.11. The second-order valence-electron chi connectivity index (χ2n) is 19.6. The maximum Gasteiger partial charge on any atom is 0.226 e. The molecule has 0 aliphatic heterocycles. The van der Waals surface area contributed by atoms with Crippen molar-refractivity contribution >= 4 is 59.0 Å². The molecule has 0 aliphatic rings. The maximum atomic E-state index is 11.3. The molecule has 6 N–H and O–H groups in total. The van der Waals surface area contributed by atoms with Gasteiger partial charge in [-0.3, -0.25) is 9.59 Å². The predicted molar refractivity (Wildman–Crippen MR) is 327 cm³/mol. The molecule has 11 rings (SSSR count). The number of hydrogen-bond acceptors (Lipinski definition) is 25. The Balaban J connectivity index is 0.000000155. The fraction of sp³-hybridized carbons (Fsp3) is 0.322. The lowest BCUT2D eigenvalue weighted by Gasteiger charge is -2.12. The molecule has 29 nitrogen and oxygen atoms in total. The van der Waals surface area contributed by atoms with Crippen LogP contribution in [0.5, 0.6) is 34.5 Å². The Morgan fingerprint density at radius 2 is 0.750 bits per heavy atom. The van der Waals surface area contributed by atoms with E-state index in [1.54, 1.807) is 83.9 Å². The summed E-state index contributed by atoms with van der Waals surface area (Å²) in [5.74, 6) is 8.57. The van der Waals surface area contributed by atoms with Crippen LogP contribution in [-0.4, -0.2) is 139 Å². The normalized spacial score (nSPS) is 10.8. The molecular weight excluding hydrogens is 1130 g/mol. The third-order valence-electron chi connectivity index (χ3n) is 13.7. The number of nitrogen functional groups attached to an aromatic ring is 1. The molecule has 3 aromatic carbocycles. The number of aliphatic hydroxyl groups excluding tert-OH is 1. The van der Waals surface area contributed by atoms with Gasteiger partial charge in [0.25, 0.3) is 0 Å². The van der Waals surface area contributed by atoms with Crippen LogP contribution in [0.4, 0.5) is 23.8 Å². The molecule has 0 radical (unpaired) electrons. The fourth-order valence-corrected chi connectivity index (χ4v) is 9.13. The lowest BCUT2D eigenvalue weighted by molar-refractivity contribution is 0.111. The molecule has 460 valence electrons. The Morgan fingerprint density at radius 3 is 1.15 bits per heavy atom. The number of aldehydes is 2. The molecule has 29 heteroatoms.